The molecule has 0 saturated carbocycles. The van der Waals surface area contributed by atoms with Gasteiger partial charge in [-0.25, -0.2) is 4.79 Å². The van der Waals surface area contributed by atoms with Gasteiger partial charge < -0.3 is 9.64 Å². The Morgan fingerprint density at radius 3 is 2.64 bits per heavy atom. The Balaban J connectivity index is 1.46. The molecule has 1 spiro atoms. The van der Waals surface area contributed by atoms with Crippen LogP contribution in [-0.2, 0) is 16.0 Å². The summed E-state index contributed by atoms with van der Waals surface area (Å²) < 4.78 is 5.95. The standard InChI is InChI=1S/C19H23N3O3/c1-20-16-10-15(4-2-13(16)3-5-17(20)23)22-12-19(25-18(22)24)11-21-8-6-14(19)7-9-21/h2,4,10,14H,3,5-9,11-12H2,1H3/t19-/m1/s1. The zero-order valence-corrected chi connectivity index (χ0v) is 14.5. The predicted octanol–water partition coefficient (Wildman–Crippen LogP) is 2.02. The van der Waals surface area contributed by atoms with E-state index in [2.05, 4.69) is 4.90 Å². The summed E-state index contributed by atoms with van der Waals surface area (Å²) in [6.45, 7) is 3.71. The van der Waals surface area contributed by atoms with Crippen LogP contribution in [0.3, 0.4) is 0 Å². The molecule has 5 heterocycles. The quantitative estimate of drug-likeness (QED) is 0.784. The number of hydrogen-bond donors (Lipinski definition) is 0. The number of benzene rings is 1. The average Bonchev–Trinajstić information content (AvgIpc) is 2.95. The Morgan fingerprint density at radius 2 is 1.92 bits per heavy atom. The molecular formula is C19H23N3O3. The summed E-state index contributed by atoms with van der Waals surface area (Å²) in [4.78, 5) is 30.5. The molecular weight excluding hydrogens is 318 g/mol. The number of ether oxygens (including phenoxy) is 1. The van der Waals surface area contributed by atoms with Gasteiger partial charge in [0.2, 0.25) is 5.91 Å². The molecule has 6 rings (SSSR count). The molecule has 2 bridgehead atoms. The molecule has 6 heteroatoms. The van der Waals surface area contributed by atoms with Crippen molar-refractivity contribution in [2.75, 3.05) is 43.0 Å². The van der Waals surface area contributed by atoms with Gasteiger partial charge in [0.1, 0.15) is 5.60 Å². The molecule has 1 atom stereocenters. The SMILES string of the molecule is CN1C(=O)CCc2ccc(N3C[C@@]4(CN5CCC4CC5)OC3=O)cc21. The van der Waals surface area contributed by atoms with Crippen LogP contribution in [0, 0.1) is 5.92 Å². The largest absolute Gasteiger partial charge is 0.439 e. The molecule has 5 aliphatic rings. The Kier molecular flexibility index (Phi) is 3.17. The fourth-order valence-corrected chi connectivity index (χ4v) is 5.00. The summed E-state index contributed by atoms with van der Waals surface area (Å²) in [7, 11) is 1.81. The van der Waals surface area contributed by atoms with Gasteiger partial charge in [-0.3, -0.25) is 14.6 Å². The molecule has 0 N–H and O–H groups in total. The van der Waals surface area contributed by atoms with Gasteiger partial charge in [0.25, 0.3) is 0 Å². The van der Waals surface area contributed by atoms with E-state index in [1.807, 2.05) is 18.2 Å². The summed E-state index contributed by atoms with van der Waals surface area (Å²) in [5.41, 5.74) is 2.55. The topological polar surface area (TPSA) is 53.1 Å². The van der Waals surface area contributed by atoms with Gasteiger partial charge in [-0.15, -0.1) is 0 Å². The maximum Gasteiger partial charge on any atom is 0.415 e. The van der Waals surface area contributed by atoms with Crippen molar-refractivity contribution >= 4 is 23.4 Å². The van der Waals surface area contributed by atoms with Crippen molar-refractivity contribution in [2.45, 2.75) is 31.3 Å². The van der Waals surface area contributed by atoms with Crippen molar-refractivity contribution < 1.29 is 14.3 Å². The van der Waals surface area contributed by atoms with Crippen molar-refractivity contribution in [1.82, 2.24) is 4.90 Å². The third kappa shape index (κ3) is 2.20. The molecule has 25 heavy (non-hydrogen) atoms. The highest BCUT2D eigenvalue weighted by Crippen LogP contribution is 2.44. The van der Waals surface area contributed by atoms with Crippen LogP contribution in [0.4, 0.5) is 16.2 Å². The molecule has 4 fully saturated rings. The van der Waals surface area contributed by atoms with Crippen LogP contribution in [0.25, 0.3) is 0 Å². The van der Waals surface area contributed by atoms with Crippen molar-refractivity contribution in [3.05, 3.63) is 23.8 Å². The summed E-state index contributed by atoms with van der Waals surface area (Å²) in [6, 6.07) is 6.00. The van der Waals surface area contributed by atoms with E-state index in [1.54, 1.807) is 16.8 Å². The van der Waals surface area contributed by atoms with Gasteiger partial charge in [0, 0.05) is 37.3 Å². The van der Waals surface area contributed by atoms with Gasteiger partial charge in [0.15, 0.2) is 0 Å². The van der Waals surface area contributed by atoms with E-state index in [1.165, 1.54) is 0 Å². The summed E-state index contributed by atoms with van der Waals surface area (Å²) in [5, 5.41) is 0. The number of fused-ring (bicyclic) bond motifs is 3. The van der Waals surface area contributed by atoms with E-state index in [-0.39, 0.29) is 17.6 Å². The third-order valence-electron chi connectivity index (χ3n) is 6.48. The Hall–Kier alpha value is -2.08. The van der Waals surface area contributed by atoms with Crippen LogP contribution in [0.1, 0.15) is 24.8 Å². The number of aryl methyl sites for hydroxylation is 1. The van der Waals surface area contributed by atoms with E-state index < -0.39 is 0 Å². The van der Waals surface area contributed by atoms with Crippen LogP contribution in [0.15, 0.2) is 18.2 Å². The van der Waals surface area contributed by atoms with Crippen LogP contribution in [0.5, 0.6) is 0 Å². The molecule has 132 valence electrons. The van der Waals surface area contributed by atoms with Gasteiger partial charge in [-0.1, -0.05) is 6.07 Å². The van der Waals surface area contributed by atoms with E-state index in [4.69, 9.17) is 4.74 Å². The lowest BCUT2D eigenvalue weighted by molar-refractivity contribution is -0.118. The van der Waals surface area contributed by atoms with Crippen LogP contribution < -0.4 is 9.80 Å². The predicted molar refractivity (Wildman–Crippen MR) is 93.9 cm³/mol. The number of nitrogens with zero attached hydrogens (tertiary/aromatic N) is 3. The second-order valence-corrected chi connectivity index (χ2v) is 7.84. The van der Waals surface area contributed by atoms with Gasteiger partial charge in [0.05, 0.1) is 6.54 Å². The van der Waals surface area contributed by atoms with Crippen molar-refractivity contribution in [3.63, 3.8) is 0 Å². The molecule has 0 aliphatic carbocycles. The minimum Gasteiger partial charge on any atom is -0.439 e. The number of amides is 2. The smallest absolute Gasteiger partial charge is 0.415 e. The zero-order valence-electron chi connectivity index (χ0n) is 14.5. The first-order valence-corrected chi connectivity index (χ1v) is 9.18. The van der Waals surface area contributed by atoms with E-state index >= 15 is 0 Å². The van der Waals surface area contributed by atoms with Gasteiger partial charge in [-0.05, 0) is 50.0 Å². The summed E-state index contributed by atoms with van der Waals surface area (Å²) in [5.74, 6) is 0.593. The average molecular weight is 341 g/mol. The number of piperidine rings is 3. The second-order valence-electron chi connectivity index (χ2n) is 7.84. The summed E-state index contributed by atoms with van der Waals surface area (Å²) >= 11 is 0. The van der Waals surface area contributed by atoms with Crippen LogP contribution in [-0.4, -0.2) is 55.7 Å². The molecule has 1 aromatic carbocycles. The van der Waals surface area contributed by atoms with E-state index in [9.17, 15) is 9.59 Å². The number of carbonyl (C=O) groups excluding carboxylic acids is 2. The Morgan fingerprint density at radius 1 is 1.12 bits per heavy atom. The van der Waals surface area contributed by atoms with Crippen LogP contribution in [0.2, 0.25) is 0 Å². The first-order chi connectivity index (χ1) is 12.1. The molecule has 6 nitrogen and oxygen atoms in total. The lowest BCUT2D eigenvalue weighted by Gasteiger charge is -2.49. The molecule has 1 aromatic rings. The molecule has 0 radical (unpaired) electrons. The number of anilines is 2. The Bertz CT molecular complexity index is 756. The molecule has 2 amide bonds. The van der Waals surface area contributed by atoms with Crippen molar-refractivity contribution in [3.8, 4) is 0 Å². The monoisotopic (exact) mass is 341 g/mol. The lowest BCUT2D eigenvalue weighted by atomic mass is 9.75. The minimum atomic E-state index is -0.356. The van der Waals surface area contributed by atoms with Crippen LogP contribution >= 0.6 is 0 Å². The highest BCUT2D eigenvalue weighted by Gasteiger charge is 2.55. The van der Waals surface area contributed by atoms with E-state index in [0.29, 0.717) is 18.9 Å². The lowest BCUT2D eigenvalue weighted by Crippen LogP contribution is -2.61. The first kappa shape index (κ1) is 15.2. The summed E-state index contributed by atoms with van der Waals surface area (Å²) in [6.07, 6.45) is 3.29. The molecule has 4 saturated heterocycles. The molecule has 5 aliphatic heterocycles. The van der Waals surface area contributed by atoms with Gasteiger partial charge in [-0.2, -0.15) is 0 Å². The van der Waals surface area contributed by atoms with Gasteiger partial charge >= 0.3 is 6.09 Å². The van der Waals surface area contributed by atoms with E-state index in [0.717, 1.165) is 55.8 Å². The highest BCUT2D eigenvalue weighted by atomic mass is 16.6. The minimum absolute atomic E-state index is 0.127. The highest BCUT2D eigenvalue weighted by molar-refractivity contribution is 5.98. The molecule has 0 unspecified atom stereocenters. The zero-order chi connectivity index (χ0) is 17.2. The molecule has 0 aromatic heterocycles. The van der Waals surface area contributed by atoms with Crippen molar-refractivity contribution in [1.29, 1.82) is 0 Å². The maximum atomic E-state index is 12.6. The Labute approximate surface area is 147 Å². The number of carbonyl (C=O) groups is 2. The van der Waals surface area contributed by atoms with Crippen molar-refractivity contribution in [2.24, 2.45) is 5.92 Å². The number of rotatable bonds is 1. The fraction of sp³-hybridized carbons (Fsp3) is 0.579. The third-order valence-corrected chi connectivity index (χ3v) is 6.48. The second kappa shape index (κ2) is 5.21. The fourth-order valence-electron chi connectivity index (χ4n) is 5.00. The first-order valence-electron chi connectivity index (χ1n) is 9.18. The maximum absolute atomic E-state index is 12.6. The normalized spacial score (nSPS) is 33.8. The number of hydrogen-bond acceptors (Lipinski definition) is 4.